The number of hydrogen-bond donors (Lipinski definition) is 1. The van der Waals surface area contributed by atoms with Crippen LogP contribution in [0.5, 0.6) is 0 Å². The minimum absolute atomic E-state index is 0.243. The summed E-state index contributed by atoms with van der Waals surface area (Å²) < 4.78 is 3.66. The van der Waals surface area contributed by atoms with Crippen LogP contribution in [0.4, 0.5) is 5.69 Å². The molecular formula is C19H16ClN5OS. The predicted molar refractivity (Wildman–Crippen MR) is 107 cm³/mol. The maximum absolute atomic E-state index is 12.8. The van der Waals surface area contributed by atoms with Crippen molar-refractivity contribution in [2.45, 2.75) is 10.1 Å². The molecule has 1 amide bonds. The van der Waals surface area contributed by atoms with E-state index in [2.05, 4.69) is 15.5 Å². The minimum Gasteiger partial charge on any atom is -0.338 e. The van der Waals surface area contributed by atoms with Crippen LogP contribution in [0.1, 0.15) is 10.5 Å². The summed E-state index contributed by atoms with van der Waals surface area (Å²) in [6.45, 7) is 0. The van der Waals surface area contributed by atoms with Gasteiger partial charge in [-0.3, -0.25) is 4.79 Å². The summed E-state index contributed by atoms with van der Waals surface area (Å²) in [4.78, 5) is 13.8. The number of amides is 1. The average molecular weight is 398 g/mol. The zero-order valence-electron chi connectivity index (χ0n) is 14.7. The molecule has 0 saturated carbocycles. The number of halogens is 1. The maximum atomic E-state index is 12.8. The van der Waals surface area contributed by atoms with Gasteiger partial charge in [0.1, 0.15) is 12.0 Å². The number of aromatic nitrogens is 4. The Balaban J connectivity index is 1.54. The molecule has 27 heavy (non-hydrogen) atoms. The molecule has 4 aromatic rings. The van der Waals surface area contributed by atoms with Gasteiger partial charge >= 0.3 is 0 Å². The van der Waals surface area contributed by atoms with Gasteiger partial charge in [-0.2, -0.15) is 0 Å². The van der Waals surface area contributed by atoms with Crippen LogP contribution in [-0.4, -0.2) is 25.2 Å². The lowest BCUT2D eigenvalue weighted by Gasteiger charge is -2.08. The first-order valence-corrected chi connectivity index (χ1v) is 9.40. The topological polar surface area (TPSA) is 64.7 Å². The van der Waals surface area contributed by atoms with Crippen molar-refractivity contribution in [2.24, 2.45) is 14.1 Å². The normalized spacial score (nSPS) is 11.1. The average Bonchev–Trinajstić information content (AvgIpc) is 3.18. The van der Waals surface area contributed by atoms with Gasteiger partial charge in [0.2, 0.25) is 0 Å². The van der Waals surface area contributed by atoms with Crippen molar-refractivity contribution in [1.29, 1.82) is 0 Å². The molecule has 2 heterocycles. The number of aryl methyl sites for hydroxylation is 2. The summed E-state index contributed by atoms with van der Waals surface area (Å²) in [5.74, 6) is -0.243. The first kappa shape index (κ1) is 17.6. The van der Waals surface area contributed by atoms with Crippen molar-refractivity contribution in [3.05, 3.63) is 65.6 Å². The quantitative estimate of drug-likeness (QED) is 0.555. The SMILES string of the molecule is Cn1cnnc1Sc1ccc(NC(=O)c2c(Cl)c3ccccc3n2C)cc1. The van der Waals surface area contributed by atoms with Crippen molar-refractivity contribution in [3.8, 4) is 0 Å². The Bertz CT molecular complexity index is 1090. The van der Waals surface area contributed by atoms with Crippen LogP contribution in [-0.2, 0) is 14.1 Å². The largest absolute Gasteiger partial charge is 0.338 e. The van der Waals surface area contributed by atoms with Crippen molar-refractivity contribution in [3.63, 3.8) is 0 Å². The third-order valence-electron chi connectivity index (χ3n) is 4.25. The fourth-order valence-electron chi connectivity index (χ4n) is 2.87. The first-order valence-electron chi connectivity index (χ1n) is 8.21. The Morgan fingerprint density at radius 1 is 1.11 bits per heavy atom. The number of rotatable bonds is 4. The molecule has 6 nitrogen and oxygen atoms in total. The van der Waals surface area contributed by atoms with E-state index < -0.39 is 0 Å². The first-order chi connectivity index (χ1) is 13.0. The summed E-state index contributed by atoms with van der Waals surface area (Å²) in [6.07, 6.45) is 1.66. The Morgan fingerprint density at radius 2 is 1.85 bits per heavy atom. The summed E-state index contributed by atoms with van der Waals surface area (Å²) in [6, 6.07) is 15.2. The standard InChI is InChI=1S/C19H16ClN5OS/c1-24-11-21-23-19(24)27-13-9-7-12(8-10-13)22-18(26)17-16(20)14-5-3-4-6-15(14)25(17)2/h3-11H,1-2H3,(H,22,26). The van der Waals surface area contributed by atoms with Gasteiger partial charge in [-0.05, 0) is 42.1 Å². The highest BCUT2D eigenvalue weighted by molar-refractivity contribution is 7.99. The van der Waals surface area contributed by atoms with Crippen LogP contribution in [0.25, 0.3) is 10.9 Å². The lowest BCUT2D eigenvalue weighted by Crippen LogP contribution is -2.16. The van der Waals surface area contributed by atoms with E-state index in [1.54, 1.807) is 6.33 Å². The number of nitrogens with zero attached hydrogens (tertiary/aromatic N) is 4. The minimum atomic E-state index is -0.243. The van der Waals surface area contributed by atoms with Crippen LogP contribution < -0.4 is 5.32 Å². The van der Waals surface area contributed by atoms with Gasteiger partial charge in [0.05, 0.1) is 5.02 Å². The maximum Gasteiger partial charge on any atom is 0.273 e. The zero-order valence-corrected chi connectivity index (χ0v) is 16.3. The summed E-state index contributed by atoms with van der Waals surface area (Å²) in [5.41, 5.74) is 2.06. The van der Waals surface area contributed by atoms with E-state index in [-0.39, 0.29) is 5.91 Å². The van der Waals surface area contributed by atoms with E-state index in [0.717, 1.165) is 21.0 Å². The van der Waals surface area contributed by atoms with Crippen molar-refractivity contribution in [1.82, 2.24) is 19.3 Å². The fraction of sp³-hybridized carbons (Fsp3) is 0.105. The van der Waals surface area contributed by atoms with Gasteiger partial charge in [-0.15, -0.1) is 10.2 Å². The van der Waals surface area contributed by atoms with E-state index in [0.29, 0.717) is 16.4 Å². The molecule has 0 unspecified atom stereocenters. The highest BCUT2D eigenvalue weighted by Gasteiger charge is 2.19. The number of nitrogens with one attached hydrogen (secondary N) is 1. The molecular weight excluding hydrogens is 382 g/mol. The number of anilines is 1. The van der Waals surface area contributed by atoms with Crippen LogP contribution in [0.3, 0.4) is 0 Å². The molecule has 2 aromatic carbocycles. The van der Waals surface area contributed by atoms with Crippen molar-refractivity contribution >= 4 is 45.9 Å². The molecule has 136 valence electrons. The summed E-state index contributed by atoms with van der Waals surface area (Å²) in [5, 5.41) is 12.9. The van der Waals surface area contributed by atoms with Gasteiger partial charge in [0.15, 0.2) is 5.16 Å². The van der Waals surface area contributed by atoms with Gasteiger partial charge < -0.3 is 14.5 Å². The Hall–Kier alpha value is -2.77. The third kappa shape index (κ3) is 3.31. The molecule has 0 aliphatic carbocycles. The number of carbonyl (C=O) groups is 1. The second-order valence-corrected chi connectivity index (χ2v) is 7.46. The highest BCUT2D eigenvalue weighted by Crippen LogP contribution is 2.31. The number of hydrogen-bond acceptors (Lipinski definition) is 4. The Labute approximate surface area is 165 Å². The lowest BCUT2D eigenvalue weighted by molar-refractivity contribution is 0.102. The molecule has 0 saturated heterocycles. The second kappa shape index (κ2) is 7.09. The van der Waals surface area contributed by atoms with Gasteiger partial charge in [0, 0.05) is 35.6 Å². The number of benzene rings is 2. The second-order valence-electron chi connectivity index (χ2n) is 6.04. The van der Waals surface area contributed by atoms with E-state index in [1.807, 2.05) is 71.8 Å². The molecule has 0 aliphatic heterocycles. The predicted octanol–water partition coefficient (Wildman–Crippen LogP) is 4.36. The monoisotopic (exact) mass is 397 g/mol. The lowest BCUT2D eigenvalue weighted by atomic mass is 10.2. The number of fused-ring (bicyclic) bond motifs is 1. The van der Waals surface area contributed by atoms with Crippen LogP contribution in [0, 0.1) is 0 Å². The zero-order chi connectivity index (χ0) is 19.0. The third-order valence-corrected chi connectivity index (χ3v) is 5.69. The van der Waals surface area contributed by atoms with Gasteiger partial charge in [-0.25, -0.2) is 0 Å². The van der Waals surface area contributed by atoms with E-state index in [9.17, 15) is 4.79 Å². The van der Waals surface area contributed by atoms with Gasteiger partial charge in [0.25, 0.3) is 5.91 Å². The fourth-order valence-corrected chi connectivity index (χ4v) is 4.00. The molecule has 4 rings (SSSR count). The Morgan fingerprint density at radius 3 is 2.52 bits per heavy atom. The summed E-state index contributed by atoms with van der Waals surface area (Å²) >= 11 is 7.95. The molecule has 0 aliphatic rings. The number of para-hydroxylation sites is 1. The molecule has 8 heteroatoms. The van der Waals surface area contributed by atoms with E-state index in [1.165, 1.54) is 11.8 Å². The van der Waals surface area contributed by atoms with E-state index >= 15 is 0 Å². The highest BCUT2D eigenvalue weighted by atomic mass is 35.5. The molecule has 0 bridgehead atoms. The molecule has 0 spiro atoms. The van der Waals surface area contributed by atoms with Crippen LogP contribution in [0.15, 0.2) is 64.9 Å². The molecule has 2 aromatic heterocycles. The number of carbonyl (C=O) groups excluding carboxylic acids is 1. The smallest absolute Gasteiger partial charge is 0.273 e. The molecule has 0 radical (unpaired) electrons. The van der Waals surface area contributed by atoms with Crippen molar-refractivity contribution in [2.75, 3.05) is 5.32 Å². The van der Waals surface area contributed by atoms with Gasteiger partial charge in [-0.1, -0.05) is 29.8 Å². The molecule has 0 atom stereocenters. The molecule has 1 N–H and O–H groups in total. The van der Waals surface area contributed by atoms with Crippen LogP contribution >= 0.6 is 23.4 Å². The van der Waals surface area contributed by atoms with Crippen LogP contribution in [0.2, 0.25) is 5.02 Å². The van der Waals surface area contributed by atoms with Crippen molar-refractivity contribution < 1.29 is 4.79 Å². The van der Waals surface area contributed by atoms with E-state index in [4.69, 9.17) is 11.6 Å². The molecule has 0 fully saturated rings. The Kier molecular flexibility index (Phi) is 4.63. The summed E-state index contributed by atoms with van der Waals surface area (Å²) in [7, 11) is 3.73.